The average Bonchev–Trinajstić information content (AvgIpc) is 2.97. The maximum atomic E-state index is 13.8. The Hall–Kier alpha value is -3.04. The van der Waals surface area contributed by atoms with E-state index in [4.69, 9.17) is 0 Å². The molecule has 1 unspecified atom stereocenters. The van der Waals surface area contributed by atoms with Crippen LogP contribution < -0.4 is 10.2 Å². The molecule has 180 valence electrons. The van der Waals surface area contributed by atoms with Crippen molar-refractivity contribution in [2.45, 2.75) is 68.8 Å². The van der Waals surface area contributed by atoms with Gasteiger partial charge in [0.2, 0.25) is 21.8 Å². The fourth-order valence-corrected chi connectivity index (χ4v) is 6.68. The van der Waals surface area contributed by atoms with E-state index in [-0.39, 0.29) is 23.3 Å². The van der Waals surface area contributed by atoms with E-state index in [1.165, 1.54) is 23.4 Å². The molecule has 1 saturated heterocycles. The summed E-state index contributed by atoms with van der Waals surface area (Å²) in [7, 11) is -4.00. The van der Waals surface area contributed by atoms with Gasteiger partial charge >= 0.3 is 0 Å². The van der Waals surface area contributed by atoms with Crippen molar-refractivity contribution in [3.63, 3.8) is 0 Å². The Morgan fingerprint density at radius 1 is 0.941 bits per heavy atom. The number of nitrogens with one attached hydrogen (secondary N) is 1. The van der Waals surface area contributed by atoms with E-state index in [0.29, 0.717) is 24.2 Å². The first-order valence-corrected chi connectivity index (χ1v) is 13.1. The van der Waals surface area contributed by atoms with Crippen LogP contribution in [0.5, 0.6) is 0 Å². The topological polar surface area (TPSA) is 104 Å². The highest BCUT2D eigenvalue weighted by atomic mass is 32.2. The van der Waals surface area contributed by atoms with Crippen LogP contribution in [0.15, 0.2) is 59.5 Å². The summed E-state index contributed by atoms with van der Waals surface area (Å²) in [5.41, 5.74) is 0.892. The number of hydrogen-bond acceptors (Lipinski definition) is 5. The van der Waals surface area contributed by atoms with Gasteiger partial charge in [-0.3, -0.25) is 14.4 Å². The maximum Gasteiger partial charge on any atom is 0.252 e. The van der Waals surface area contributed by atoms with Gasteiger partial charge in [0.1, 0.15) is 6.04 Å². The first-order valence-electron chi connectivity index (χ1n) is 11.6. The number of sulfonamides is 1. The van der Waals surface area contributed by atoms with Crippen molar-refractivity contribution in [3.05, 3.63) is 54.6 Å². The van der Waals surface area contributed by atoms with Crippen LogP contribution >= 0.6 is 0 Å². The van der Waals surface area contributed by atoms with Crippen molar-refractivity contribution in [3.8, 4) is 0 Å². The van der Waals surface area contributed by atoms with Gasteiger partial charge in [0.15, 0.2) is 0 Å². The molecule has 0 bridgehead atoms. The Kier molecular flexibility index (Phi) is 7.13. The van der Waals surface area contributed by atoms with Crippen molar-refractivity contribution in [1.29, 1.82) is 0 Å². The van der Waals surface area contributed by atoms with Crippen LogP contribution in [0.1, 0.15) is 51.9 Å². The molecule has 2 aromatic rings. The minimum Gasteiger partial charge on any atom is -0.326 e. The lowest BCUT2D eigenvalue weighted by atomic mass is 10.1. The third-order valence-electron chi connectivity index (χ3n) is 6.38. The Morgan fingerprint density at radius 2 is 1.56 bits per heavy atom. The van der Waals surface area contributed by atoms with Crippen molar-refractivity contribution in [2.24, 2.45) is 0 Å². The number of imide groups is 1. The lowest BCUT2D eigenvalue weighted by molar-refractivity contribution is -0.122. The summed E-state index contributed by atoms with van der Waals surface area (Å²) in [5.74, 6) is -1.21. The van der Waals surface area contributed by atoms with Gasteiger partial charge in [0.05, 0.1) is 17.0 Å². The number of carbonyl (C=O) groups excluding carboxylic acids is 3. The van der Waals surface area contributed by atoms with Gasteiger partial charge in [-0.15, -0.1) is 0 Å². The third kappa shape index (κ3) is 4.90. The van der Waals surface area contributed by atoms with Gasteiger partial charge in [0, 0.05) is 18.7 Å². The standard InChI is InChI=1S/C25H29N3O5S/c1-18(29)26-19-13-15-20(16-14-19)27-24(30)17-23(25(27)31)28(21-9-5-2-3-6-10-21)34(32,33)22-11-7-4-8-12-22/h4,7-8,11-16,21,23H,2-3,5-6,9-10,17H2,1H3,(H,26,29). The van der Waals surface area contributed by atoms with Crippen LogP contribution in [-0.4, -0.2) is 42.5 Å². The van der Waals surface area contributed by atoms with Gasteiger partial charge in [-0.2, -0.15) is 4.31 Å². The Balaban J connectivity index is 1.68. The second-order valence-corrected chi connectivity index (χ2v) is 10.7. The lowest BCUT2D eigenvalue weighted by Crippen LogP contribution is -2.50. The third-order valence-corrected chi connectivity index (χ3v) is 8.35. The fourth-order valence-electron chi connectivity index (χ4n) is 4.83. The molecule has 0 spiro atoms. The number of nitrogens with zero attached hydrogens (tertiary/aromatic N) is 2. The molecular formula is C25H29N3O5S. The maximum absolute atomic E-state index is 13.8. The highest BCUT2D eigenvalue weighted by Gasteiger charge is 2.49. The van der Waals surface area contributed by atoms with Crippen molar-refractivity contribution in [1.82, 2.24) is 4.31 Å². The molecule has 1 N–H and O–H groups in total. The smallest absolute Gasteiger partial charge is 0.252 e. The summed E-state index contributed by atoms with van der Waals surface area (Å²) in [5, 5.41) is 2.64. The minimum atomic E-state index is -4.00. The van der Waals surface area contributed by atoms with E-state index in [1.54, 1.807) is 42.5 Å². The van der Waals surface area contributed by atoms with Gasteiger partial charge < -0.3 is 5.32 Å². The van der Waals surface area contributed by atoms with E-state index in [1.807, 2.05) is 0 Å². The molecule has 1 aliphatic carbocycles. The molecule has 8 nitrogen and oxygen atoms in total. The number of carbonyl (C=O) groups is 3. The largest absolute Gasteiger partial charge is 0.326 e. The molecule has 34 heavy (non-hydrogen) atoms. The van der Waals surface area contributed by atoms with Crippen molar-refractivity contribution in [2.75, 3.05) is 10.2 Å². The molecule has 2 aliphatic rings. The first-order chi connectivity index (χ1) is 16.3. The predicted octanol–water partition coefficient (Wildman–Crippen LogP) is 3.69. The molecule has 2 aromatic carbocycles. The predicted molar refractivity (Wildman–Crippen MR) is 129 cm³/mol. The zero-order valence-corrected chi connectivity index (χ0v) is 20.0. The summed E-state index contributed by atoms with van der Waals surface area (Å²) >= 11 is 0. The number of rotatable bonds is 6. The van der Waals surface area contributed by atoms with E-state index < -0.39 is 27.9 Å². The fraction of sp³-hybridized carbons (Fsp3) is 0.400. The molecule has 2 fully saturated rings. The zero-order chi connectivity index (χ0) is 24.3. The van der Waals surface area contributed by atoms with Crippen LogP contribution in [0, 0.1) is 0 Å². The van der Waals surface area contributed by atoms with Crippen LogP contribution in [0.2, 0.25) is 0 Å². The van der Waals surface area contributed by atoms with Crippen LogP contribution in [0.25, 0.3) is 0 Å². The molecular weight excluding hydrogens is 454 g/mol. The number of amides is 3. The number of anilines is 2. The highest BCUT2D eigenvalue weighted by molar-refractivity contribution is 7.89. The number of benzene rings is 2. The summed E-state index contributed by atoms with van der Waals surface area (Å²) in [4.78, 5) is 39.0. The summed E-state index contributed by atoms with van der Waals surface area (Å²) in [6.07, 6.45) is 4.95. The summed E-state index contributed by atoms with van der Waals surface area (Å²) in [6.45, 7) is 1.39. The minimum absolute atomic E-state index is 0.123. The molecule has 1 aliphatic heterocycles. The Morgan fingerprint density at radius 3 is 2.15 bits per heavy atom. The average molecular weight is 484 g/mol. The second kappa shape index (κ2) is 10.1. The van der Waals surface area contributed by atoms with E-state index in [0.717, 1.165) is 30.6 Å². The van der Waals surface area contributed by atoms with Crippen molar-refractivity contribution >= 4 is 39.1 Å². The van der Waals surface area contributed by atoms with Gasteiger partial charge in [-0.25, -0.2) is 13.3 Å². The van der Waals surface area contributed by atoms with E-state index in [2.05, 4.69) is 5.32 Å². The summed E-state index contributed by atoms with van der Waals surface area (Å²) < 4.78 is 28.9. The Bertz CT molecular complexity index is 1160. The second-order valence-electron chi connectivity index (χ2n) is 8.81. The van der Waals surface area contributed by atoms with Crippen molar-refractivity contribution < 1.29 is 22.8 Å². The monoisotopic (exact) mass is 483 g/mol. The first kappa shape index (κ1) is 24.1. The van der Waals surface area contributed by atoms with Crippen LogP contribution in [-0.2, 0) is 24.4 Å². The lowest BCUT2D eigenvalue weighted by Gasteiger charge is -2.33. The van der Waals surface area contributed by atoms with Gasteiger partial charge in [0.25, 0.3) is 5.91 Å². The molecule has 4 rings (SSSR count). The molecule has 0 radical (unpaired) electrons. The molecule has 1 saturated carbocycles. The van der Waals surface area contributed by atoms with E-state index >= 15 is 0 Å². The summed E-state index contributed by atoms with van der Waals surface area (Å²) in [6, 6.07) is 13.0. The highest BCUT2D eigenvalue weighted by Crippen LogP contribution is 2.35. The molecule has 9 heteroatoms. The zero-order valence-electron chi connectivity index (χ0n) is 19.1. The van der Waals surface area contributed by atoms with Crippen LogP contribution in [0.3, 0.4) is 0 Å². The van der Waals surface area contributed by atoms with Gasteiger partial charge in [-0.1, -0.05) is 43.9 Å². The molecule has 1 heterocycles. The van der Waals surface area contributed by atoms with E-state index in [9.17, 15) is 22.8 Å². The molecule has 0 aromatic heterocycles. The quantitative estimate of drug-likeness (QED) is 0.499. The van der Waals surface area contributed by atoms with Crippen LogP contribution in [0.4, 0.5) is 11.4 Å². The normalized spacial score (nSPS) is 19.9. The van der Waals surface area contributed by atoms with Gasteiger partial charge in [-0.05, 0) is 49.2 Å². The number of hydrogen-bond donors (Lipinski definition) is 1. The SMILES string of the molecule is CC(=O)Nc1ccc(N2C(=O)CC(N(C3CCCCCC3)S(=O)(=O)c3ccccc3)C2=O)cc1. The molecule has 3 amide bonds. The molecule has 1 atom stereocenters. The Labute approximate surface area is 200 Å².